The summed E-state index contributed by atoms with van der Waals surface area (Å²) in [5.74, 6) is -0.910. The van der Waals surface area contributed by atoms with E-state index in [4.69, 9.17) is 4.74 Å². The second-order valence-corrected chi connectivity index (χ2v) is 11.9. The minimum absolute atomic E-state index is 0.00997. The van der Waals surface area contributed by atoms with Gasteiger partial charge in [-0.05, 0) is 37.6 Å². The Kier molecular flexibility index (Phi) is 8.58. The molecule has 172 valence electrons. The van der Waals surface area contributed by atoms with Crippen LogP contribution in [0.2, 0.25) is 0 Å². The Morgan fingerprint density at radius 1 is 0.938 bits per heavy atom. The lowest BCUT2D eigenvalue weighted by Crippen LogP contribution is -2.41. The fourth-order valence-corrected chi connectivity index (χ4v) is 8.07. The number of unbranched alkanes of at least 4 members (excludes halogenated alkanes) is 1. The highest BCUT2D eigenvalue weighted by Crippen LogP contribution is 2.39. The molecule has 0 saturated heterocycles. The molecule has 2 rings (SSSR count). The van der Waals surface area contributed by atoms with Crippen LogP contribution in [0.1, 0.15) is 39.5 Å². The van der Waals surface area contributed by atoms with E-state index < -0.39 is 42.1 Å². The van der Waals surface area contributed by atoms with Crippen molar-refractivity contribution in [2.24, 2.45) is 5.41 Å². The Bertz CT molecular complexity index is 1090. The average molecular weight is 478 g/mol. The van der Waals surface area contributed by atoms with Gasteiger partial charge in [-0.1, -0.05) is 56.2 Å². The first-order valence-corrected chi connectivity index (χ1v) is 13.4. The molecule has 0 aromatic heterocycles. The van der Waals surface area contributed by atoms with Gasteiger partial charge >= 0.3 is 5.97 Å². The smallest absolute Gasteiger partial charge is 0.326 e. The molecule has 2 aromatic rings. The fourth-order valence-electron chi connectivity index (χ4n) is 3.38. The summed E-state index contributed by atoms with van der Waals surface area (Å²) in [6.07, 6.45) is 0.320. The molecule has 7 nitrogen and oxygen atoms in total. The third-order valence-electron chi connectivity index (χ3n) is 5.19. The molecule has 2 aromatic carbocycles. The van der Waals surface area contributed by atoms with E-state index in [2.05, 4.69) is 0 Å². The fraction of sp³-hybridized carbons (Fsp3) is 0.391. The zero-order valence-corrected chi connectivity index (χ0v) is 19.7. The van der Waals surface area contributed by atoms with Crippen LogP contribution in [-0.4, -0.2) is 34.0 Å². The number of esters is 1. The van der Waals surface area contributed by atoms with Crippen LogP contribution in [0.4, 0.5) is 0 Å². The summed E-state index contributed by atoms with van der Waals surface area (Å²) in [4.78, 5) is 12.4. The molecule has 1 atom stereocenters. The molecule has 0 N–H and O–H groups in total. The molecular weight excluding hydrogens is 450 g/mol. The normalized spacial score (nSPS) is 13.8. The molecule has 0 radical (unpaired) electrons. The van der Waals surface area contributed by atoms with Crippen molar-refractivity contribution in [2.75, 3.05) is 6.61 Å². The van der Waals surface area contributed by atoms with Crippen molar-refractivity contribution in [3.05, 3.63) is 60.7 Å². The minimum atomic E-state index is -4.47. The van der Waals surface area contributed by atoms with Gasteiger partial charge in [0.2, 0.25) is 0 Å². The number of benzene rings is 2. The number of hydrogen-bond acceptors (Lipinski definition) is 7. The Morgan fingerprint density at radius 2 is 1.41 bits per heavy atom. The van der Waals surface area contributed by atoms with Gasteiger partial charge in [-0.15, -0.1) is 0 Å². The SMILES string of the molecule is CCCCC(C#N)(CC(S(=O)(=O)c1ccccc1)S(=O)(=O)c1ccccc1)C(=O)OCC. The molecule has 0 heterocycles. The third kappa shape index (κ3) is 5.37. The summed E-state index contributed by atoms with van der Waals surface area (Å²) >= 11 is 0. The predicted octanol–water partition coefficient (Wildman–Crippen LogP) is 3.91. The van der Waals surface area contributed by atoms with Gasteiger partial charge in [0, 0.05) is 6.42 Å². The maximum atomic E-state index is 13.6. The van der Waals surface area contributed by atoms with Crippen molar-refractivity contribution in [1.29, 1.82) is 5.26 Å². The van der Waals surface area contributed by atoms with E-state index in [1.807, 2.05) is 13.0 Å². The number of hydrogen-bond donors (Lipinski definition) is 0. The van der Waals surface area contributed by atoms with Gasteiger partial charge in [0.1, 0.15) is 0 Å². The summed E-state index contributed by atoms with van der Waals surface area (Å²) in [7, 11) is -8.94. The zero-order chi connectivity index (χ0) is 23.8. The molecule has 32 heavy (non-hydrogen) atoms. The molecule has 0 spiro atoms. The maximum Gasteiger partial charge on any atom is 0.326 e. The highest BCUT2D eigenvalue weighted by Gasteiger charge is 2.50. The average Bonchev–Trinajstić information content (AvgIpc) is 2.80. The van der Waals surface area contributed by atoms with Crippen LogP contribution in [-0.2, 0) is 29.2 Å². The number of ether oxygens (including phenoxy) is 1. The molecule has 1 unspecified atom stereocenters. The predicted molar refractivity (Wildman–Crippen MR) is 120 cm³/mol. The van der Waals surface area contributed by atoms with Gasteiger partial charge in [0.15, 0.2) is 29.7 Å². The Balaban J connectivity index is 2.72. The minimum Gasteiger partial charge on any atom is -0.465 e. The second-order valence-electron chi connectivity index (χ2n) is 7.37. The van der Waals surface area contributed by atoms with Gasteiger partial charge in [0.25, 0.3) is 0 Å². The van der Waals surface area contributed by atoms with E-state index in [1.165, 1.54) is 48.5 Å². The van der Waals surface area contributed by atoms with Crippen LogP contribution in [0, 0.1) is 16.7 Å². The van der Waals surface area contributed by atoms with Crippen LogP contribution in [0.25, 0.3) is 0 Å². The first-order valence-electron chi connectivity index (χ1n) is 10.3. The van der Waals surface area contributed by atoms with Crippen molar-refractivity contribution in [2.45, 2.75) is 53.9 Å². The maximum absolute atomic E-state index is 13.6. The molecule has 0 saturated carbocycles. The molecule has 0 aliphatic rings. The number of carbonyl (C=O) groups excluding carboxylic acids is 1. The summed E-state index contributed by atoms with van der Waals surface area (Å²) in [5, 5.41) is 9.98. The quantitative estimate of drug-likeness (QED) is 0.450. The van der Waals surface area contributed by atoms with E-state index >= 15 is 0 Å². The van der Waals surface area contributed by atoms with Gasteiger partial charge in [0.05, 0.1) is 22.5 Å². The zero-order valence-electron chi connectivity index (χ0n) is 18.1. The Hall–Kier alpha value is -2.70. The van der Waals surface area contributed by atoms with E-state index in [1.54, 1.807) is 19.1 Å². The summed E-state index contributed by atoms with van der Waals surface area (Å²) < 4.78 is 57.3. The standard InChI is InChI=1S/C23H27NO6S2/c1-3-5-16-23(18-24,22(25)30-4-2)17-21(31(26,27)19-12-8-6-9-13-19)32(28,29)20-14-10-7-11-15-20/h6-15,21H,3-5,16-17H2,1-2H3. The van der Waals surface area contributed by atoms with Crippen molar-refractivity contribution >= 4 is 25.6 Å². The monoisotopic (exact) mass is 477 g/mol. The lowest BCUT2D eigenvalue weighted by atomic mass is 9.81. The van der Waals surface area contributed by atoms with E-state index in [-0.39, 0.29) is 22.8 Å². The van der Waals surface area contributed by atoms with E-state index in [0.717, 1.165) is 0 Å². The van der Waals surface area contributed by atoms with Crippen LogP contribution in [0.5, 0.6) is 0 Å². The molecule has 0 fully saturated rings. The molecule has 0 aliphatic heterocycles. The Morgan fingerprint density at radius 3 is 1.78 bits per heavy atom. The number of rotatable bonds is 11. The third-order valence-corrected chi connectivity index (χ3v) is 10.3. The number of sulfone groups is 2. The van der Waals surface area contributed by atoms with Crippen LogP contribution < -0.4 is 0 Å². The highest BCUT2D eigenvalue weighted by molar-refractivity contribution is 8.09. The summed E-state index contributed by atoms with van der Waals surface area (Å²) in [6, 6.07) is 16.3. The van der Waals surface area contributed by atoms with Crippen LogP contribution in [0.3, 0.4) is 0 Å². The first-order chi connectivity index (χ1) is 15.2. The van der Waals surface area contributed by atoms with Crippen molar-refractivity contribution in [3.8, 4) is 6.07 Å². The first kappa shape index (κ1) is 25.6. The molecular formula is C23H27NO6S2. The Labute approximate surface area is 189 Å². The van der Waals surface area contributed by atoms with Crippen molar-refractivity contribution < 1.29 is 26.4 Å². The number of nitrogens with zero attached hydrogens (tertiary/aromatic N) is 1. The second kappa shape index (κ2) is 10.7. The highest BCUT2D eigenvalue weighted by atomic mass is 32.3. The van der Waals surface area contributed by atoms with Gasteiger partial charge in [-0.25, -0.2) is 16.8 Å². The largest absolute Gasteiger partial charge is 0.465 e. The summed E-state index contributed by atoms with van der Waals surface area (Å²) in [6.45, 7) is 3.40. The topological polar surface area (TPSA) is 118 Å². The van der Waals surface area contributed by atoms with Gasteiger partial charge < -0.3 is 4.74 Å². The molecule has 0 bridgehead atoms. The molecule has 9 heteroatoms. The van der Waals surface area contributed by atoms with Crippen molar-refractivity contribution in [3.63, 3.8) is 0 Å². The van der Waals surface area contributed by atoms with Gasteiger partial charge in [-0.2, -0.15) is 5.26 Å². The van der Waals surface area contributed by atoms with Crippen LogP contribution >= 0.6 is 0 Å². The number of nitriles is 1. The van der Waals surface area contributed by atoms with Crippen molar-refractivity contribution in [1.82, 2.24) is 0 Å². The summed E-state index contributed by atoms with van der Waals surface area (Å²) in [5.41, 5.74) is -1.92. The van der Waals surface area contributed by atoms with E-state index in [9.17, 15) is 26.9 Å². The van der Waals surface area contributed by atoms with Gasteiger partial charge in [-0.3, -0.25) is 4.79 Å². The van der Waals surface area contributed by atoms with E-state index in [0.29, 0.717) is 12.8 Å². The van der Waals surface area contributed by atoms with Crippen LogP contribution in [0.15, 0.2) is 70.5 Å². The molecule has 0 amide bonds. The lowest BCUT2D eigenvalue weighted by molar-refractivity contribution is -0.152. The lowest BCUT2D eigenvalue weighted by Gasteiger charge is -2.28. The molecule has 0 aliphatic carbocycles. The number of carbonyl (C=O) groups is 1.